The van der Waals surface area contributed by atoms with Crippen LogP contribution in [0.15, 0.2) is 75.0 Å². The van der Waals surface area contributed by atoms with Gasteiger partial charge in [-0.25, -0.2) is 15.0 Å². The highest BCUT2D eigenvalue weighted by atomic mass is 32.2. The van der Waals surface area contributed by atoms with E-state index < -0.39 is 0 Å². The number of hydrogen-bond acceptors (Lipinski definition) is 7. The molecule has 0 bridgehead atoms. The van der Waals surface area contributed by atoms with Gasteiger partial charge in [-0.2, -0.15) is 0 Å². The van der Waals surface area contributed by atoms with Crippen molar-refractivity contribution < 1.29 is 4.79 Å². The summed E-state index contributed by atoms with van der Waals surface area (Å²) >= 11 is 1.51. The van der Waals surface area contributed by atoms with Crippen molar-refractivity contribution >= 4 is 35.1 Å². The van der Waals surface area contributed by atoms with Crippen LogP contribution in [0.3, 0.4) is 0 Å². The quantitative estimate of drug-likeness (QED) is 0.315. The van der Waals surface area contributed by atoms with E-state index in [1.807, 2.05) is 49.4 Å². The number of nitrogens with zero attached hydrogens (tertiary/aromatic N) is 4. The number of amides is 1. The first-order valence-electron chi connectivity index (χ1n) is 11.2. The third-order valence-electron chi connectivity index (χ3n) is 5.37. The molecule has 1 fully saturated rings. The molecule has 0 spiro atoms. The molecule has 2 heterocycles. The number of aryl methyl sites for hydroxylation is 1. The van der Waals surface area contributed by atoms with Crippen LogP contribution in [0.25, 0.3) is 0 Å². The molecule has 1 aromatic carbocycles. The number of aromatic nitrogens is 2. The molecule has 1 aliphatic carbocycles. The van der Waals surface area contributed by atoms with Gasteiger partial charge < -0.3 is 21.7 Å². The maximum Gasteiger partial charge on any atom is 0.255 e. The lowest BCUT2D eigenvalue weighted by Gasteiger charge is -2.32. The van der Waals surface area contributed by atoms with Gasteiger partial charge in [0.25, 0.3) is 5.91 Å². The number of anilines is 1. The topological polar surface area (TPSA) is 123 Å². The number of nitrogens with two attached hydrogens (primary N) is 2. The van der Waals surface area contributed by atoms with Crippen molar-refractivity contribution in [2.45, 2.75) is 38.3 Å². The van der Waals surface area contributed by atoms with Gasteiger partial charge >= 0.3 is 0 Å². The Morgan fingerprint density at radius 1 is 1.18 bits per heavy atom. The summed E-state index contributed by atoms with van der Waals surface area (Å²) in [5.41, 5.74) is 14.9. The smallest absolute Gasteiger partial charge is 0.255 e. The number of thioether (sulfide) groups is 1. The molecule has 1 aliphatic heterocycles. The van der Waals surface area contributed by atoms with Crippen molar-refractivity contribution in [2.75, 3.05) is 18.0 Å². The third-order valence-corrected chi connectivity index (χ3v) is 6.33. The zero-order valence-corrected chi connectivity index (χ0v) is 20.2. The van der Waals surface area contributed by atoms with Crippen molar-refractivity contribution in [1.29, 1.82) is 0 Å². The fraction of sp³-hybridized carbons (Fsp3) is 0.280. The molecule has 1 amide bonds. The second-order valence-corrected chi connectivity index (χ2v) is 9.48. The molecule has 9 heteroatoms. The van der Waals surface area contributed by atoms with Crippen molar-refractivity contribution in [3.05, 3.63) is 76.0 Å². The molecular weight excluding hydrogens is 446 g/mol. The minimum absolute atomic E-state index is 0.0908. The third kappa shape index (κ3) is 6.26. The monoisotopic (exact) mass is 475 g/mol. The van der Waals surface area contributed by atoms with E-state index in [4.69, 9.17) is 16.5 Å². The molecule has 176 valence electrons. The summed E-state index contributed by atoms with van der Waals surface area (Å²) in [4.78, 5) is 29.6. The van der Waals surface area contributed by atoms with Crippen LogP contribution in [0.1, 0.15) is 42.1 Å². The lowest BCUT2D eigenvalue weighted by atomic mass is 10.1. The zero-order chi connectivity index (χ0) is 24.1. The van der Waals surface area contributed by atoms with E-state index in [-0.39, 0.29) is 5.91 Å². The van der Waals surface area contributed by atoms with Gasteiger partial charge in [-0.3, -0.25) is 4.79 Å². The van der Waals surface area contributed by atoms with Gasteiger partial charge in [-0.05, 0) is 62.3 Å². The van der Waals surface area contributed by atoms with Crippen molar-refractivity contribution in [3.8, 4) is 0 Å². The molecule has 1 saturated heterocycles. The molecule has 1 aromatic heterocycles. The van der Waals surface area contributed by atoms with Gasteiger partial charge in [-0.1, -0.05) is 35.5 Å². The molecule has 4 rings (SSSR count). The highest BCUT2D eigenvalue weighted by molar-refractivity contribution is 8.02. The molecule has 0 radical (unpaired) electrons. The molecule has 2 aliphatic rings. The predicted molar refractivity (Wildman–Crippen MR) is 138 cm³/mol. The molecule has 0 atom stereocenters. The highest BCUT2D eigenvalue weighted by Gasteiger charge is 2.19. The van der Waals surface area contributed by atoms with Gasteiger partial charge in [0.15, 0.2) is 11.0 Å². The van der Waals surface area contributed by atoms with Gasteiger partial charge in [0.05, 0.1) is 0 Å². The second-order valence-electron chi connectivity index (χ2n) is 8.38. The second kappa shape index (κ2) is 10.6. The Hall–Kier alpha value is -3.59. The molecule has 5 N–H and O–H groups in total. The van der Waals surface area contributed by atoms with Gasteiger partial charge in [0, 0.05) is 36.1 Å². The van der Waals surface area contributed by atoms with Crippen LogP contribution in [0.5, 0.6) is 0 Å². The molecule has 34 heavy (non-hydrogen) atoms. The Kier molecular flexibility index (Phi) is 7.32. The Morgan fingerprint density at radius 3 is 2.65 bits per heavy atom. The largest absolute Gasteiger partial charge is 0.402 e. The van der Waals surface area contributed by atoms with Crippen LogP contribution in [-0.4, -0.2) is 34.8 Å². The van der Waals surface area contributed by atoms with Gasteiger partial charge in [0.1, 0.15) is 11.7 Å². The van der Waals surface area contributed by atoms with Crippen LogP contribution < -0.4 is 21.7 Å². The van der Waals surface area contributed by atoms with Crippen molar-refractivity contribution in [3.63, 3.8) is 0 Å². The van der Waals surface area contributed by atoms with E-state index in [1.165, 1.54) is 11.8 Å². The number of allylic oxidation sites excluding steroid dienone is 5. The summed E-state index contributed by atoms with van der Waals surface area (Å²) in [6.45, 7) is 5.67. The normalized spacial score (nSPS) is 16.5. The number of hydrogen-bond donors (Lipinski definition) is 3. The standard InChI is InChI=1S/C25H29N7OS/c1-16-5-3-6-18(13-16)24(33)28-19-7-9-20(10-8-19)34-25-30-22(29-21(27)14-17(2)26)15-23(31-25)32-11-4-12-32/h3,5-7,9,13-15H,4,8,10-12,26H2,1-2H3,(H,28,33)(H2,27,29,30,31)/b17-14-. The van der Waals surface area contributed by atoms with E-state index >= 15 is 0 Å². The maximum absolute atomic E-state index is 12.5. The number of nitrogens with one attached hydrogen (secondary N) is 1. The van der Waals surface area contributed by atoms with Crippen LogP contribution >= 0.6 is 11.8 Å². The summed E-state index contributed by atoms with van der Waals surface area (Å²) < 4.78 is 0. The average molecular weight is 476 g/mol. The summed E-state index contributed by atoms with van der Waals surface area (Å²) in [7, 11) is 0. The molecule has 0 unspecified atom stereocenters. The van der Waals surface area contributed by atoms with Crippen molar-refractivity contribution in [1.82, 2.24) is 15.3 Å². The average Bonchev–Trinajstić information content (AvgIpc) is 2.73. The first-order valence-corrected chi connectivity index (χ1v) is 12.0. The number of carbonyl (C=O) groups excluding carboxylic acids is 1. The minimum atomic E-state index is -0.0908. The van der Waals surface area contributed by atoms with E-state index in [0.29, 0.717) is 28.1 Å². The number of benzene rings is 1. The van der Waals surface area contributed by atoms with E-state index in [0.717, 1.165) is 54.3 Å². The fourth-order valence-corrected chi connectivity index (χ4v) is 4.39. The van der Waals surface area contributed by atoms with Crippen molar-refractivity contribution in [2.24, 2.45) is 16.5 Å². The summed E-state index contributed by atoms with van der Waals surface area (Å²) in [6, 6.07) is 9.42. The van der Waals surface area contributed by atoms with Crippen LogP contribution in [0, 0.1) is 6.92 Å². The highest BCUT2D eigenvalue weighted by Crippen LogP contribution is 2.34. The van der Waals surface area contributed by atoms with E-state index in [2.05, 4.69) is 20.2 Å². The van der Waals surface area contributed by atoms with Crippen LogP contribution in [0.2, 0.25) is 0 Å². The van der Waals surface area contributed by atoms with Gasteiger partial charge in [-0.15, -0.1) is 0 Å². The summed E-state index contributed by atoms with van der Waals surface area (Å²) in [6.07, 6.45) is 8.25. The minimum Gasteiger partial charge on any atom is -0.402 e. The summed E-state index contributed by atoms with van der Waals surface area (Å²) in [5.74, 6) is 1.57. The molecular formula is C25H29N7OS. The maximum atomic E-state index is 12.5. The Balaban J connectivity index is 1.49. The van der Waals surface area contributed by atoms with Crippen LogP contribution in [0.4, 0.5) is 11.6 Å². The summed E-state index contributed by atoms with van der Waals surface area (Å²) in [5, 5.41) is 3.64. The Bertz CT molecular complexity index is 1210. The SMILES string of the molecule is C/C(N)=C/C(N)=N\c1cc(N2CCC2)nc(SC2=CC=C(NC(=O)c3cccc(C)c3)CC2)n1. The lowest BCUT2D eigenvalue weighted by molar-refractivity contribution is 0.0964. The van der Waals surface area contributed by atoms with E-state index in [1.54, 1.807) is 13.0 Å². The molecule has 0 saturated carbocycles. The van der Waals surface area contributed by atoms with Gasteiger partial charge in [0.2, 0.25) is 0 Å². The van der Waals surface area contributed by atoms with E-state index in [9.17, 15) is 4.79 Å². The fourth-order valence-electron chi connectivity index (χ4n) is 3.54. The number of rotatable bonds is 7. The predicted octanol–water partition coefficient (Wildman–Crippen LogP) is 3.93. The Morgan fingerprint density at radius 2 is 2.00 bits per heavy atom. The molecule has 2 aromatic rings. The molecule has 8 nitrogen and oxygen atoms in total. The lowest BCUT2D eigenvalue weighted by Crippen LogP contribution is -2.37. The Labute approximate surface area is 203 Å². The first-order chi connectivity index (χ1) is 16.4. The number of amidine groups is 1. The zero-order valence-electron chi connectivity index (χ0n) is 19.4. The number of carbonyl (C=O) groups is 1. The van der Waals surface area contributed by atoms with Crippen LogP contribution in [-0.2, 0) is 0 Å². The first kappa shape index (κ1) is 23.6. The number of aliphatic imine (C=N–C) groups is 1.